The number of hydrogen-bond acceptors (Lipinski definition) is 7. The average Bonchev–Trinajstić information content (AvgIpc) is 2.52. The topological polar surface area (TPSA) is 80.6 Å². The first-order valence-electron chi connectivity index (χ1n) is 8.11. The van der Waals surface area contributed by atoms with Crippen LogP contribution in [0.3, 0.4) is 0 Å². The van der Waals surface area contributed by atoms with E-state index in [1.807, 2.05) is 0 Å². The van der Waals surface area contributed by atoms with Crippen molar-refractivity contribution in [3.63, 3.8) is 0 Å². The third-order valence-corrected chi connectivity index (χ3v) is 3.38. The van der Waals surface area contributed by atoms with Gasteiger partial charge in [0.1, 0.15) is 11.5 Å². The first-order chi connectivity index (χ1) is 13.1. The van der Waals surface area contributed by atoms with Crippen LogP contribution < -0.4 is 14.9 Å². The maximum Gasteiger partial charge on any atom is 0.640 e. The molecule has 11 heteroatoms. The van der Waals surface area contributed by atoms with Crippen molar-refractivity contribution in [2.75, 3.05) is 7.05 Å². The lowest BCUT2D eigenvalue weighted by molar-refractivity contribution is -0.274. The zero-order valence-corrected chi connectivity index (χ0v) is 15.1. The number of aliphatic hydroxyl groups is 2. The van der Waals surface area contributed by atoms with E-state index in [4.69, 9.17) is 14.0 Å². The maximum atomic E-state index is 12.6. The molecule has 0 radical (unpaired) electrons. The van der Waals surface area contributed by atoms with Crippen molar-refractivity contribution in [1.82, 2.24) is 4.90 Å². The Bertz CT molecular complexity index is 746. The van der Waals surface area contributed by atoms with Gasteiger partial charge in [-0.25, -0.2) is 0 Å². The van der Waals surface area contributed by atoms with Crippen LogP contribution in [0.4, 0.5) is 13.2 Å². The Morgan fingerprint density at radius 1 is 1.25 bits per heavy atom. The van der Waals surface area contributed by atoms with Crippen molar-refractivity contribution in [2.24, 2.45) is 0 Å². The highest BCUT2D eigenvalue weighted by Gasteiger charge is 2.36. The first-order valence-corrected chi connectivity index (χ1v) is 8.11. The largest absolute Gasteiger partial charge is 0.640 e. The highest BCUT2D eigenvalue weighted by atomic mass is 19.4. The molecule has 0 fully saturated rings. The number of ether oxygens (including phenoxy) is 2. The van der Waals surface area contributed by atoms with Crippen LogP contribution in [0.25, 0.3) is 0 Å². The zero-order chi connectivity index (χ0) is 20.9. The molecular weight excluding hydrogens is 382 g/mol. The Morgan fingerprint density at radius 3 is 2.39 bits per heavy atom. The SMILES string of the molecule is C=CCC(C)Oc1ccc(OC(F)(F)F)cc1B1O/C(O)=C\N(C)/C=C(/O)O1. The van der Waals surface area contributed by atoms with Crippen LogP contribution in [0.5, 0.6) is 11.5 Å². The summed E-state index contributed by atoms with van der Waals surface area (Å²) in [6.45, 7) is 5.33. The van der Waals surface area contributed by atoms with Crippen LogP contribution in [0.1, 0.15) is 13.3 Å². The summed E-state index contributed by atoms with van der Waals surface area (Å²) < 4.78 is 57.8. The lowest BCUT2D eigenvalue weighted by Crippen LogP contribution is -2.39. The molecule has 0 aliphatic carbocycles. The summed E-state index contributed by atoms with van der Waals surface area (Å²) in [6.07, 6.45) is -0.934. The fourth-order valence-electron chi connectivity index (χ4n) is 2.33. The quantitative estimate of drug-likeness (QED) is 0.559. The minimum atomic E-state index is -4.91. The van der Waals surface area contributed by atoms with Gasteiger partial charge in [-0.2, -0.15) is 0 Å². The van der Waals surface area contributed by atoms with E-state index in [2.05, 4.69) is 11.3 Å². The second kappa shape index (κ2) is 8.72. The van der Waals surface area contributed by atoms with E-state index in [1.54, 1.807) is 13.0 Å². The van der Waals surface area contributed by atoms with Gasteiger partial charge in [-0.3, -0.25) is 0 Å². The zero-order valence-electron chi connectivity index (χ0n) is 15.1. The summed E-state index contributed by atoms with van der Waals surface area (Å²) in [5.41, 5.74) is -0.0397. The van der Waals surface area contributed by atoms with E-state index < -0.39 is 31.1 Å². The predicted molar refractivity (Wildman–Crippen MR) is 94.8 cm³/mol. The molecule has 0 spiro atoms. The van der Waals surface area contributed by atoms with Crippen molar-refractivity contribution < 1.29 is 42.2 Å². The number of halogens is 3. The van der Waals surface area contributed by atoms with E-state index in [0.717, 1.165) is 24.5 Å². The Hall–Kier alpha value is -3.11. The fourth-order valence-corrected chi connectivity index (χ4v) is 2.33. The van der Waals surface area contributed by atoms with Gasteiger partial charge in [0.15, 0.2) is 0 Å². The Morgan fingerprint density at radius 2 is 1.86 bits per heavy atom. The molecule has 0 saturated carbocycles. The van der Waals surface area contributed by atoms with Crippen LogP contribution in [0, 0.1) is 0 Å². The Balaban J connectivity index is 2.44. The molecule has 0 bridgehead atoms. The van der Waals surface area contributed by atoms with Crippen LogP contribution in [0.2, 0.25) is 0 Å². The molecule has 0 aromatic heterocycles. The van der Waals surface area contributed by atoms with E-state index in [-0.39, 0.29) is 17.3 Å². The maximum absolute atomic E-state index is 12.6. The number of aliphatic hydroxyl groups excluding tert-OH is 2. The minimum Gasteiger partial charge on any atom is -0.494 e. The normalized spacial score (nSPS) is 19.6. The Labute approximate surface area is 160 Å². The lowest BCUT2D eigenvalue weighted by Gasteiger charge is -2.23. The van der Waals surface area contributed by atoms with Crippen LogP contribution in [0.15, 0.2) is 55.1 Å². The molecule has 1 unspecified atom stereocenters. The minimum absolute atomic E-state index is 0.0397. The number of benzene rings is 1. The molecule has 1 atom stereocenters. The second-order valence-corrected chi connectivity index (χ2v) is 5.87. The van der Waals surface area contributed by atoms with Gasteiger partial charge < -0.3 is 33.9 Å². The van der Waals surface area contributed by atoms with Gasteiger partial charge in [0.2, 0.25) is 0 Å². The van der Waals surface area contributed by atoms with E-state index in [0.29, 0.717) is 6.42 Å². The summed E-state index contributed by atoms with van der Waals surface area (Å²) in [4.78, 5) is 1.26. The standard InChI is InChI=1S/C17H19BF3NO6/c1-4-5-11(2)25-14-7-6-12(26-17(19,20)21)8-13(14)18-27-15(23)9-22(3)10-16(24)28-18/h4,6-11,23-24H,1,5H2,2-3H3/b15-9-,16-10-. The number of nitrogens with zero attached hydrogens (tertiary/aromatic N) is 1. The number of rotatable bonds is 6. The van der Waals surface area contributed by atoms with Crippen molar-refractivity contribution in [3.05, 3.63) is 55.1 Å². The fraction of sp³-hybridized carbons (Fsp3) is 0.294. The third-order valence-electron chi connectivity index (χ3n) is 3.38. The molecule has 2 N–H and O–H groups in total. The van der Waals surface area contributed by atoms with Crippen LogP contribution >= 0.6 is 0 Å². The van der Waals surface area contributed by atoms with Crippen LogP contribution in [-0.4, -0.2) is 41.7 Å². The van der Waals surface area contributed by atoms with E-state index in [9.17, 15) is 23.4 Å². The molecule has 2 rings (SSSR count). The molecule has 0 saturated heterocycles. The smallest absolute Gasteiger partial charge is 0.494 e. The van der Waals surface area contributed by atoms with Crippen molar-refractivity contribution in [3.8, 4) is 11.5 Å². The summed E-state index contributed by atoms with van der Waals surface area (Å²) in [5, 5.41) is 19.7. The van der Waals surface area contributed by atoms with Gasteiger partial charge in [0, 0.05) is 13.5 Å². The average molecular weight is 401 g/mol. The number of alkyl halides is 3. The van der Waals surface area contributed by atoms with Gasteiger partial charge in [-0.15, -0.1) is 19.8 Å². The highest BCUT2D eigenvalue weighted by molar-refractivity contribution is 6.63. The van der Waals surface area contributed by atoms with Gasteiger partial charge in [-0.1, -0.05) is 6.08 Å². The third kappa shape index (κ3) is 6.25. The molecule has 1 aromatic carbocycles. The predicted octanol–water partition coefficient (Wildman–Crippen LogP) is 3.32. The summed E-state index contributed by atoms with van der Waals surface area (Å²) in [5.74, 6) is -1.63. The van der Waals surface area contributed by atoms with E-state index in [1.165, 1.54) is 18.0 Å². The monoisotopic (exact) mass is 401 g/mol. The first kappa shape index (κ1) is 21.2. The van der Waals surface area contributed by atoms with Gasteiger partial charge in [-0.05, 0) is 25.1 Å². The summed E-state index contributed by atoms with van der Waals surface area (Å²) in [7, 11) is -0.0214. The van der Waals surface area contributed by atoms with Crippen molar-refractivity contribution in [2.45, 2.75) is 25.8 Å². The molecule has 1 aliphatic rings. The Kier molecular flexibility index (Phi) is 6.60. The molecule has 1 heterocycles. The van der Waals surface area contributed by atoms with Crippen LogP contribution in [-0.2, 0) is 9.31 Å². The molecule has 152 valence electrons. The van der Waals surface area contributed by atoms with Gasteiger partial charge in [0.05, 0.1) is 24.0 Å². The van der Waals surface area contributed by atoms with Gasteiger partial charge >= 0.3 is 13.5 Å². The second-order valence-electron chi connectivity index (χ2n) is 5.87. The molecule has 1 aromatic rings. The molecular formula is C17H19BF3NO6. The highest BCUT2D eigenvalue weighted by Crippen LogP contribution is 2.26. The molecule has 7 nitrogen and oxygen atoms in total. The lowest BCUT2D eigenvalue weighted by atomic mass is 9.77. The molecule has 1 aliphatic heterocycles. The van der Waals surface area contributed by atoms with Crippen molar-refractivity contribution in [1.29, 1.82) is 0 Å². The van der Waals surface area contributed by atoms with E-state index >= 15 is 0 Å². The van der Waals surface area contributed by atoms with Crippen molar-refractivity contribution >= 4 is 12.6 Å². The van der Waals surface area contributed by atoms with Gasteiger partial charge in [0.25, 0.3) is 11.9 Å². The summed E-state index contributed by atoms with van der Waals surface area (Å²) in [6, 6.07) is 3.30. The number of hydrogen-bond donors (Lipinski definition) is 2. The molecule has 28 heavy (non-hydrogen) atoms. The molecule has 0 amide bonds. The summed E-state index contributed by atoms with van der Waals surface area (Å²) >= 11 is 0.